The molecule has 0 bridgehead atoms. The Balaban J connectivity index is 0.000000246. The molecule has 3 rings (SSSR count). The van der Waals surface area contributed by atoms with E-state index >= 15 is 0 Å². The van der Waals surface area contributed by atoms with Gasteiger partial charge in [0.25, 0.3) is 0 Å². The van der Waals surface area contributed by atoms with E-state index in [0.29, 0.717) is 5.82 Å². The topological polar surface area (TPSA) is 94.4 Å². The third-order valence-electron chi connectivity index (χ3n) is 3.30. The first-order valence-corrected chi connectivity index (χ1v) is 7.14. The van der Waals surface area contributed by atoms with Crippen molar-refractivity contribution in [3.05, 3.63) is 48.2 Å². The Morgan fingerprint density at radius 2 is 1.95 bits per heavy atom. The van der Waals surface area contributed by atoms with Crippen LogP contribution in [0.4, 0.5) is 5.82 Å². The number of aliphatic imine (C=N–C) groups is 1. The number of hydrogen-bond donors (Lipinski definition) is 2. The number of carbonyl (C=O) groups is 1. The second-order valence-electron chi connectivity index (χ2n) is 5.13. The van der Waals surface area contributed by atoms with Gasteiger partial charge in [-0.3, -0.25) is 9.79 Å². The van der Waals surface area contributed by atoms with Crippen LogP contribution in [0.3, 0.4) is 0 Å². The lowest BCUT2D eigenvalue weighted by molar-refractivity contribution is -0.119. The highest BCUT2D eigenvalue weighted by molar-refractivity contribution is 5.87. The lowest BCUT2D eigenvalue weighted by Gasteiger charge is -2.04. The molecule has 1 amide bonds. The molecule has 4 N–H and O–H groups in total. The maximum atomic E-state index is 9.98. The van der Waals surface area contributed by atoms with E-state index in [9.17, 15) is 4.79 Å². The highest BCUT2D eigenvalue weighted by Crippen LogP contribution is 2.27. The van der Waals surface area contributed by atoms with E-state index < -0.39 is 0 Å². The fourth-order valence-corrected chi connectivity index (χ4v) is 1.89. The SMILES string of the molecule is CN=Cc1cc(-c2ccccc2)cnc1N.NC(=O)C1CC1. The molecular formula is C17H20N4O. The van der Waals surface area contributed by atoms with Crippen LogP contribution in [0.2, 0.25) is 0 Å². The summed E-state index contributed by atoms with van der Waals surface area (Å²) >= 11 is 0. The monoisotopic (exact) mass is 296 g/mol. The molecule has 1 aliphatic carbocycles. The maximum absolute atomic E-state index is 9.98. The summed E-state index contributed by atoms with van der Waals surface area (Å²) in [6.45, 7) is 0. The summed E-state index contributed by atoms with van der Waals surface area (Å²) in [6, 6.07) is 12.1. The minimum absolute atomic E-state index is 0.130. The van der Waals surface area contributed by atoms with Gasteiger partial charge in [-0.05, 0) is 24.5 Å². The van der Waals surface area contributed by atoms with Crippen molar-refractivity contribution >= 4 is 17.9 Å². The van der Waals surface area contributed by atoms with Crippen molar-refractivity contribution in [1.82, 2.24) is 4.98 Å². The van der Waals surface area contributed by atoms with E-state index in [2.05, 4.69) is 9.98 Å². The number of nitrogens with zero attached hydrogens (tertiary/aromatic N) is 2. The van der Waals surface area contributed by atoms with Crippen LogP contribution in [0.25, 0.3) is 11.1 Å². The number of carbonyl (C=O) groups excluding carboxylic acids is 1. The van der Waals surface area contributed by atoms with Gasteiger partial charge in [0.2, 0.25) is 5.91 Å². The number of anilines is 1. The van der Waals surface area contributed by atoms with Crippen molar-refractivity contribution in [2.24, 2.45) is 16.6 Å². The van der Waals surface area contributed by atoms with Gasteiger partial charge >= 0.3 is 0 Å². The van der Waals surface area contributed by atoms with Crippen LogP contribution >= 0.6 is 0 Å². The van der Waals surface area contributed by atoms with Gasteiger partial charge in [0.15, 0.2) is 0 Å². The summed E-state index contributed by atoms with van der Waals surface area (Å²) in [5, 5.41) is 0. The normalized spacial score (nSPS) is 13.5. The van der Waals surface area contributed by atoms with E-state index in [0.717, 1.165) is 29.5 Å². The van der Waals surface area contributed by atoms with Crippen LogP contribution in [0.5, 0.6) is 0 Å². The van der Waals surface area contributed by atoms with Gasteiger partial charge in [-0.2, -0.15) is 0 Å². The number of aromatic nitrogens is 1. The van der Waals surface area contributed by atoms with Crippen LogP contribution < -0.4 is 11.5 Å². The van der Waals surface area contributed by atoms with Gasteiger partial charge in [-0.15, -0.1) is 0 Å². The number of nitrogen functional groups attached to an aromatic ring is 1. The van der Waals surface area contributed by atoms with Crippen molar-refractivity contribution in [2.75, 3.05) is 12.8 Å². The molecule has 0 spiro atoms. The predicted molar refractivity (Wildman–Crippen MR) is 89.5 cm³/mol. The van der Waals surface area contributed by atoms with Gasteiger partial charge in [0, 0.05) is 36.5 Å². The molecule has 1 fully saturated rings. The Labute approximate surface area is 130 Å². The molecule has 0 atom stereocenters. The largest absolute Gasteiger partial charge is 0.383 e. The molecule has 1 aromatic heterocycles. The Morgan fingerprint density at radius 3 is 2.45 bits per heavy atom. The van der Waals surface area contributed by atoms with E-state index in [1.807, 2.05) is 36.4 Å². The molecule has 0 saturated heterocycles. The number of amides is 1. The van der Waals surface area contributed by atoms with Gasteiger partial charge in [0.05, 0.1) is 0 Å². The molecular weight excluding hydrogens is 276 g/mol. The van der Waals surface area contributed by atoms with E-state index in [4.69, 9.17) is 11.5 Å². The first-order chi connectivity index (χ1) is 10.6. The predicted octanol–water partition coefficient (Wildman–Crippen LogP) is 2.26. The third kappa shape index (κ3) is 4.41. The second kappa shape index (κ2) is 7.36. The van der Waals surface area contributed by atoms with Crippen LogP contribution in [-0.2, 0) is 4.79 Å². The van der Waals surface area contributed by atoms with Crippen molar-refractivity contribution < 1.29 is 4.79 Å². The molecule has 5 heteroatoms. The zero-order valence-electron chi connectivity index (χ0n) is 12.6. The van der Waals surface area contributed by atoms with Gasteiger partial charge in [-0.1, -0.05) is 30.3 Å². The van der Waals surface area contributed by atoms with E-state index in [-0.39, 0.29) is 11.8 Å². The number of nitrogens with two attached hydrogens (primary N) is 2. The molecule has 114 valence electrons. The van der Waals surface area contributed by atoms with Crippen molar-refractivity contribution in [1.29, 1.82) is 0 Å². The standard InChI is InChI=1S/C13H13N3.C4H7NO/c1-15-8-12-7-11(9-16-13(12)14)10-5-3-2-4-6-10;5-4(6)3-1-2-3/h2-9H,1H3,(H2,14,16);3H,1-2H2,(H2,5,6). The summed E-state index contributed by atoms with van der Waals surface area (Å²) in [6.07, 6.45) is 5.54. The third-order valence-corrected chi connectivity index (χ3v) is 3.30. The number of rotatable bonds is 3. The van der Waals surface area contributed by atoms with Gasteiger partial charge in [0.1, 0.15) is 5.82 Å². The molecule has 2 aromatic rings. The second-order valence-corrected chi connectivity index (χ2v) is 5.13. The summed E-state index contributed by atoms with van der Waals surface area (Å²) in [4.78, 5) is 18.1. The Hall–Kier alpha value is -2.69. The number of primary amides is 1. The highest BCUT2D eigenvalue weighted by Gasteiger charge is 2.26. The number of hydrogen-bond acceptors (Lipinski definition) is 4. The molecule has 1 aromatic carbocycles. The lowest BCUT2D eigenvalue weighted by atomic mass is 10.1. The summed E-state index contributed by atoms with van der Waals surface area (Å²) in [7, 11) is 1.72. The van der Waals surface area contributed by atoms with E-state index in [1.54, 1.807) is 19.5 Å². The van der Waals surface area contributed by atoms with Gasteiger partial charge in [-0.25, -0.2) is 4.98 Å². The minimum atomic E-state index is -0.130. The van der Waals surface area contributed by atoms with Crippen molar-refractivity contribution in [2.45, 2.75) is 12.8 Å². The minimum Gasteiger partial charge on any atom is -0.383 e. The summed E-state index contributed by atoms with van der Waals surface area (Å²) in [5.74, 6) is 0.616. The zero-order chi connectivity index (χ0) is 15.9. The Bertz CT molecular complexity index is 664. The fraction of sp³-hybridized carbons (Fsp3) is 0.235. The number of pyridine rings is 1. The van der Waals surface area contributed by atoms with Crippen molar-refractivity contribution in [3.8, 4) is 11.1 Å². The first kappa shape index (κ1) is 15.7. The molecule has 1 saturated carbocycles. The maximum Gasteiger partial charge on any atom is 0.220 e. The molecule has 0 radical (unpaired) electrons. The number of benzene rings is 1. The van der Waals surface area contributed by atoms with Crippen LogP contribution in [-0.4, -0.2) is 24.2 Å². The molecule has 5 nitrogen and oxygen atoms in total. The molecule has 22 heavy (non-hydrogen) atoms. The summed E-state index contributed by atoms with van der Waals surface area (Å²) < 4.78 is 0. The first-order valence-electron chi connectivity index (χ1n) is 7.14. The van der Waals surface area contributed by atoms with E-state index in [1.165, 1.54) is 0 Å². The van der Waals surface area contributed by atoms with Crippen LogP contribution in [0, 0.1) is 5.92 Å². The van der Waals surface area contributed by atoms with Crippen LogP contribution in [0.15, 0.2) is 47.6 Å². The quantitative estimate of drug-likeness (QED) is 0.850. The highest BCUT2D eigenvalue weighted by atomic mass is 16.1. The average Bonchev–Trinajstić information content (AvgIpc) is 3.36. The molecule has 1 aliphatic rings. The fourth-order valence-electron chi connectivity index (χ4n) is 1.89. The molecule has 1 heterocycles. The smallest absolute Gasteiger partial charge is 0.220 e. The van der Waals surface area contributed by atoms with Gasteiger partial charge < -0.3 is 11.5 Å². The summed E-state index contributed by atoms with van der Waals surface area (Å²) in [5.41, 5.74) is 13.6. The average molecular weight is 296 g/mol. The van der Waals surface area contributed by atoms with Crippen LogP contribution in [0.1, 0.15) is 18.4 Å². The Kier molecular flexibility index (Phi) is 5.25. The Morgan fingerprint density at radius 1 is 1.27 bits per heavy atom. The lowest BCUT2D eigenvalue weighted by Crippen LogP contribution is -2.11. The van der Waals surface area contributed by atoms with Crippen molar-refractivity contribution in [3.63, 3.8) is 0 Å². The zero-order valence-corrected chi connectivity index (χ0v) is 12.6. The molecule has 0 aliphatic heterocycles. The molecule has 0 unspecified atom stereocenters.